The molecule has 7 heteroatoms. The number of hydrogen-bond acceptors (Lipinski definition) is 6. The summed E-state index contributed by atoms with van der Waals surface area (Å²) in [4.78, 5) is 14.8. The third-order valence-electron chi connectivity index (χ3n) is 4.79. The minimum absolute atomic E-state index is 0.259. The van der Waals surface area contributed by atoms with Crippen LogP contribution in [0, 0.1) is 0 Å². The van der Waals surface area contributed by atoms with Crippen LogP contribution in [0.3, 0.4) is 0 Å². The molecule has 3 rings (SSSR count). The van der Waals surface area contributed by atoms with Crippen molar-refractivity contribution in [3.8, 4) is 17.2 Å². The molecule has 166 valence electrons. The van der Waals surface area contributed by atoms with Gasteiger partial charge in [0.15, 0.2) is 0 Å². The maximum atomic E-state index is 12.6. The van der Waals surface area contributed by atoms with E-state index in [9.17, 15) is 4.79 Å². The Labute approximate surface area is 183 Å². The molecule has 0 spiro atoms. The van der Waals surface area contributed by atoms with Gasteiger partial charge in [0.1, 0.15) is 17.2 Å². The van der Waals surface area contributed by atoms with Gasteiger partial charge < -0.3 is 29.2 Å². The molecule has 2 aromatic rings. The highest BCUT2D eigenvalue weighted by Gasteiger charge is 2.20. The van der Waals surface area contributed by atoms with Gasteiger partial charge in [0.2, 0.25) is 5.91 Å². The fourth-order valence-corrected chi connectivity index (χ4v) is 3.34. The van der Waals surface area contributed by atoms with Gasteiger partial charge >= 0.3 is 0 Å². The van der Waals surface area contributed by atoms with Crippen molar-refractivity contribution in [3.05, 3.63) is 48.0 Å². The van der Waals surface area contributed by atoms with Gasteiger partial charge in [-0.15, -0.1) is 0 Å². The van der Waals surface area contributed by atoms with Gasteiger partial charge in [0.05, 0.1) is 44.9 Å². The molecule has 2 aromatic carbocycles. The van der Waals surface area contributed by atoms with Crippen LogP contribution in [-0.2, 0) is 9.53 Å². The van der Waals surface area contributed by atoms with Crippen LogP contribution in [0.15, 0.2) is 42.5 Å². The zero-order valence-electron chi connectivity index (χ0n) is 18.3. The predicted molar refractivity (Wildman–Crippen MR) is 122 cm³/mol. The summed E-state index contributed by atoms with van der Waals surface area (Å²) < 4.78 is 22.4. The van der Waals surface area contributed by atoms with Crippen molar-refractivity contribution in [3.63, 3.8) is 0 Å². The van der Waals surface area contributed by atoms with E-state index in [2.05, 4.69) is 10.2 Å². The molecule has 1 heterocycles. The first-order chi connectivity index (χ1) is 15.1. The van der Waals surface area contributed by atoms with E-state index in [4.69, 9.17) is 18.9 Å². The van der Waals surface area contributed by atoms with Gasteiger partial charge in [-0.3, -0.25) is 4.79 Å². The third-order valence-corrected chi connectivity index (χ3v) is 4.79. The van der Waals surface area contributed by atoms with E-state index in [1.165, 1.54) is 6.08 Å². The molecule has 1 aliphatic rings. The zero-order chi connectivity index (χ0) is 22.1. The first-order valence-corrected chi connectivity index (χ1v) is 10.5. The number of ether oxygens (including phenoxy) is 4. The lowest BCUT2D eigenvalue weighted by Crippen LogP contribution is -2.36. The Balaban J connectivity index is 1.83. The number of methoxy groups -OCH3 is 1. The first-order valence-electron chi connectivity index (χ1n) is 10.5. The number of nitrogens with zero attached hydrogens (tertiary/aromatic N) is 1. The molecule has 0 aromatic heterocycles. The molecule has 7 nitrogen and oxygen atoms in total. The Hall–Kier alpha value is -3.19. The molecule has 1 aliphatic heterocycles. The third kappa shape index (κ3) is 6.15. The normalized spacial score (nSPS) is 13.8. The van der Waals surface area contributed by atoms with E-state index in [1.807, 2.05) is 50.2 Å². The number of anilines is 2. The summed E-state index contributed by atoms with van der Waals surface area (Å²) in [6.45, 7) is 7.76. The molecule has 0 bridgehead atoms. The summed E-state index contributed by atoms with van der Waals surface area (Å²) in [6, 6.07) is 11.3. The molecule has 1 amide bonds. The molecule has 31 heavy (non-hydrogen) atoms. The number of rotatable bonds is 9. The Morgan fingerprint density at radius 3 is 2.55 bits per heavy atom. The molecule has 1 saturated heterocycles. The van der Waals surface area contributed by atoms with Gasteiger partial charge in [-0.25, -0.2) is 0 Å². The van der Waals surface area contributed by atoms with E-state index in [0.717, 1.165) is 30.1 Å². The minimum atomic E-state index is -0.259. The zero-order valence-corrected chi connectivity index (χ0v) is 18.3. The average molecular weight is 427 g/mol. The van der Waals surface area contributed by atoms with E-state index in [0.29, 0.717) is 43.6 Å². The fourth-order valence-electron chi connectivity index (χ4n) is 3.34. The van der Waals surface area contributed by atoms with Gasteiger partial charge in [-0.1, -0.05) is 12.1 Å². The minimum Gasteiger partial charge on any atom is -0.497 e. The number of carbonyl (C=O) groups excluding carboxylic acids is 1. The lowest BCUT2D eigenvalue weighted by Gasteiger charge is -2.31. The number of hydrogen-bond donors (Lipinski definition) is 1. The van der Waals surface area contributed by atoms with Crippen LogP contribution in [0.2, 0.25) is 0 Å². The SMILES string of the molecule is CCOc1cc(N2CCOCC2)c(OCC)cc1NC(=O)/C=C/c1cccc(OC)c1. The molecule has 0 unspecified atom stereocenters. The summed E-state index contributed by atoms with van der Waals surface area (Å²) in [6.07, 6.45) is 3.23. The topological polar surface area (TPSA) is 69.3 Å². The summed E-state index contributed by atoms with van der Waals surface area (Å²) in [5, 5.41) is 2.92. The van der Waals surface area contributed by atoms with E-state index < -0.39 is 0 Å². The average Bonchev–Trinajstić information content (AvgIpc) is 2.80. The quantitative estimate of drug-likeness (QED) is 0.612. The Morgan fingerprint density at radius 1 is 1.10 bits per heavy atom. The molecule has 0 aliphatic carbocycles. The molecular weight excluding hydrogens is 396 g/mol. The summed E-state index contributed by atoms with van der Waals surface area (Å²) >= 11 is 0. The van der Waals surface area contributed by atoms with Crippen LogP contribution < -0.4 is 24.4 Å². The lowest BCUT2D eigenvalue weighted by molar-refractivity contribution is -0.111. The van der Waals surface area contributed by atoms with Crippen molar-refractivity contribution in [2.45, 2.75) is 13.8 Å². The van der Waals surface area contributed by atoms with Crippen molar-refractivity contribution >= 4 is 23.4 Å². The second-order valence-electron chi connectivity index (χ2n) is 6.88. The highest BCUT2D eigenvalue weighted by molar-refractivity contribution is 6.03. The van der Waals surface area contributed by atoms with Gasteiger partial charge in [-0.05, 0) is 37.6 Å². The van der Waals surface area contributed by atoms with E-state index >= 15 is 0 Å². The maximum Gasteiger partial charge on any atom is 0.248 e. The monoisotopic (exact) mass is 426 g/mol. The van der Waals surface area contributed by atoms with E-state index in [-0.39, 0.29) is 5.91 Å². The Bertz CT molecular complexity index is 907. The Kier molecular flexibility index (Phi) is 8.18. The van der Waals surface area contributed by atoms with Crippen molar-refractivity contribution in [2.75, 3.05) is 56.8 Å². The highest BCUT2D eigenvalue weighted by Crippen LogP contribution is 2.39. The number of carbonyl (C=O) groups is 1. The Morgan fingerprint density at radius 2 is 1.84 bits per heavy atom. The molecule has 0 atom stereocenters. The van der Waals surface area contributed by atoms with Crippen LogP contribution in [0.5, 0.6) is 17.2 Å². The van der Waals surface area contributed by atoms with Crippen molar-refractivity contribution in [1.29, 1.82) is 0 Å². The summed E-state index contributed by atoms with van der Waals surface area (Å²) in [5.74, 6) is 1.79. The summed E-state index contributed by atoms with van der Waals surface area (Å²) in [7, 11) is 1.61. The fraction of sp³-hybridized carbons (Fsp3) is 0.375. The standard InChI is InChI=1S/C24H30N2O5/c1-4-30-22-17-21(26-11-13-29-14-12-26)23(31-5-2)16-20(22)25-24(27)10-9-18-7-6-8-19(15-18)28-3/h6-10,15-17H,4-5,11-14H2,1-3H3,(H,25,27)/b10-9+. The van der Waals surface area contributed by atoms with Crippen LogP contribution in [0.4, 0.5) is 11.4 Å². The summed E-state index contributed by atoms with van der Waals surface area (Å²) in [5.41, 5.74) is 2.39. The first kappa shape index (κ1) is 22.5. The van der Waals surface area contributed by atoms with Crippen molar-refractivity contribution in [1.82, 2.24) is 0 Å². The van der Waals surface area contributed by atoms with E-state index in [1.54, 1.807) is 13.2 Å². The predicted octanol–water partition coefficient (Wildman–Crippen LogP) is 3.98. The van der Waals surface area contributed by atoms with Crippen LogP contribution >= 0.6 is 0 Å². The number of nitrogens with one attached hydrogen (secondary N) is 1. The molecular formula is C24H30N2O5. The van der Waals surface area contributed by atoms with Crippen molar-refractivity contribution in [2.24, 2.45) is 0 Å². The largest absolute Gasteiger partial charge is 0.497 e. The smallest absolute Gasteiger partial charge is 0.248 e. The molecule has 0 radical (unpaired) electrons. The number of morpholine rings is 1. The van der Waals surface area contributed by atoms with Crippen molar-refractivity contribution < 1.29 is 23.7 Å². The molecule has 0 saturated carbocycles. The molecule has 1 fully saturated rings. The van der Waals surface area contributed by atoms with Gasteiger partial charge in [0, 0.05) is 31.3 Å². The highest BCUT2D eigenvalue weighted by atomic mass is 16.5. The number of amides is 1. The number of benzene rings is 2. The molecule has 1 N–H and O–H groups in total. The second-order valence-corrected chi connectivity index (χ2v) is 6.88. The van der Waals surface area contributed by atoms with Crippen LogP contribution in [-0.4, -0.2) is 52.5 Å². The van der Waals surface area contributed by atoms with Gasteiger partial charge in [0.25, 0.3) is 0 Å². The van der Waals surface area contributed by atoms with Gasteiger partial charge in [-0.2, -0.15) is 0 Å². The maximum absolute atomic E-state index is 12.6. The van der Waals surface area contributed by atoms with Crippen LogP contribution in [0.25, 0.3) is 6.08 Å². The second kappa shape index (κ2) is 11.3. The lowest BCUT2D eigenvalue weighted by atomic mass is 10.2. The van der Waals surface area contributed by atoms with Crippen LogP contribution in [0.1, 0.15) is 19.4 Å².